The molecular weight excluding hydrogens is 354 g/mol. The third kappa shape index (κ3) is 3.89. The molecule has 0 bridgehead atoms. The molecule has 3 rings (SSSR count). The van der Waals surface area contributed by atoms with Crippen LogP contribution in [-0.4, -0.2) is 27.0 Å². The molecule has 0 spiro atoms. The van der Waals surface area contributed by atoms with Gasteiger partial charge in [-0.25, -0.2) is 0 Å². The van der Waals surface area contributed by atoms with Crippen LogP contribution < -0.4 is 10.6 Å². The quantitative estimate of drug-likeness (QED) is 0.653. The van der Waals surface area contributed by atoms with Gasteiger partial charge in [-0.05, 0) is 36.8 Å². The van der Waals surface area contributed by atoms with Gasteiger partial charge in [0.05, 0.1) is 5.02 Å². The third-order valence-corrected chi connectivity index (χ3v) is 3.98. The van der Waals surface area contributed by atoms with Gasteiger partial charge in [0, 0.05) is 23.7 Å². The first-order valence-corrected chi connectivity index (χ1v) is 8.19. The topological polar surface area (TPSA) is 99.8 Å². The van der Waals surface area contributed by atoms with Crippen molar-refractivity contribution in [1.29, 1.82) is 0 Å². The number of nitrogens with zero attached hydrogens (tertiary/aromatic N) is 2. The van der Waals surface area contributed by atoms with E-state index in [9.17, 15) is 9.59 Å². The first kappa shape index (κ1) is 17.6. The smallest absolute Gasteiger partial charge is 0.258 e. The molecule has 3 aromatic rings. The molecule has 26 heavy (non-hydrogen) atoms. The second kappa shape index (κ2) is 7.37. The Morgan fingerprint density at radius 1 is 1.12 bits per heavy atom. The fourth-order valence-electron chi connectivity index (χ4n) is 2.35. The van der Waals surface area contributed by atoms with Gasteiger partial charge in [-0.1, -0.05) is 29.8 Å². The van der Waals surface area contributed by atoms with E-state index in [1.165, 1.54) is 6.92 Å². The largest absolute Gasteiger partial charge is 0.326 e. The van der Waals surface area contributed by atoms with Crippen molar-refractivity contribution in [3.63, 3.8) is 0 Å². The van der Waals surface area contributed by atoms with Crippen LogP contribution in [0.1, 0.15) is 22.8 Å². The van der Waals surface area contributed by atoms with E-state index in [2.05, 4.69) is 25.8 Å². The predicted molar refractivity (Wildman–Crippen MR) is 100 cm³/mol. The molecule has 0 fully saturated rings. The summed E-state index contributed by atoms with van der Waals surface area (Å²) in [5, 5.41) is 12.6. The summed E-state index contributed by atoms with van der Waals surface area (Å²) in [4.78, 5) is 27.9. The van der Waals surface area contributed by atoms with Gasteiger partial charge >= 0.3 is 0 Å². The van der Waals surface area contributed by atoms with Crippen molar-refractivity contribution in [1.82, 2.24) is 15.2 Å². The lowest BCUT2D eigenvalue weighted by Crippen LogP contribution is -2.14. The number of carbonyl (C=O) groups excluding carboxylic acids is 2. The zero-order valence-electron chi connectivity index (χ0n) is 14.1. The number of anilines is 2. The fourth-order valence-corrected chi connectivity index (χ4v) is 2.58. The number of carbonyl (C=O) groups is 2. The van der Waals surface area contributed by atoms with Crippen molar-refractivity contribution in [3.05, 3.63) is 58.6 Å². The number of rotatable bonds is 4. The first-order valence-electron chi connectivity index (χ1n) is 7.81. The number of hydrogen-bond donors (Lipinski definition) is 3. The van der Waals surface area contributed by atoms with E-state index in [1.54, 1.807) is 30.3 Å². The Labute approximate surface area is 154 Å². The van der Waals surface area contributed by atoms with Gasteiger partial charge in [0.15, 0.2) is 5.82 Å². The Morgan fingerprint density at radius 3 is 2.62 bits per heavy atom. The normalized spacial score (nSPS) is 10.4. The highest BCUT2D eigenvalue weighted by molar-refractivity contribution is 6.33. The molecule has 0 aliphatic carbocycles. The van der Waals surface area contributed by atoms with Crippen LogP contribution in [0.4, 0.5) is 11.6 Å². The SMILES string of the molecule is CC(=O)Nc1cc(C(=O)Nc2n[nH]c(-c3ccccc3Cl)n2)ccc1C. The summed E-state index contributed by atoms with van der Waals surface area (Å²) in [6, 6.07) is 12.2. The molecular formula is C18H16ClN5O2. The molecule has 8 heteroatoms. The van der Waals surface area contributed by atoms with Crippen molar-refractivity contribution < 1.29 is 9.59 Å². The van der Waals surface area contributed by atoms with Crippen molar-refractivity contribution in [2.24, 2.45) is 0 Å². The maximum atomic E-state index is 12.4. The van der Waals surface area contributed by atoms with E-state index >= 15 is 0 Å². The molecule has 1 aromatic heterocycles. The molecule has 2 aromatic carbocycles. The molecule has 132 valence electrons. The number of aromatic amines is 1. The molecule has 0 aliphatic rings. The van der Waals surface area contributed by atoms with E-state index in [0.29, 0.717) is 27.7 Å². The maximum absolute atomic E-state index is 12.4. The van der Waals surface area contributed by atoms with Crippen LogP contribution in [-0.2, 0) is 4.79 Å². The van der Waals surface area contributed by atoms with Crippen molar-refractivity contribution in [2.75, 3.05) is 10.6 Å². The van der Waals surface area contributed by atoms with E-state index in [0.717, 1.165) is 5.56 Å². The number of aromatic nitrogens is 3. The Morgan fingerprint density at radius 2 is 1.88 bits per heavy atom. The average Bonchev–Trinajstić information content (AvgIpc) is 3.05. The molecule has 7 nitrogen and oxygen atoms in total. The van der Waals surface area contributed by atoms with Crippen molar-refractivity contribution in [2.45, 2.75) is 13.8 Å². The molecule has 1 heterocycles. The number of nitrogens with one attached hydrogen (secondary N) is 3. The molecule has 0 saturated carbocycles. The van der Waals surface area contributed by atoms with Crippen LogP contribution in [0.15, 0.2) is 42.5 Å². The summed E-state index contributed by atoms with van der Waals surface area (Å²) >= 11 is 6.13. The van der Waals surface area contributed by atoms with Crippen LogP contribution in [0.2, 0.25) is 5.02 Å². The lowest BCUT2D eigenvalue weighted by molar-refractivity contribution is -0.114. The van der Waals surface area contributed by atoms with Crippen LogP contribution in [0.5, 0.6) is 0 Å². The van der Waals surface area contributed by atoms with E-state index in [-0.39, 0.29) is 17.8 Å². The van der Waals surface area contributed by atoms with Crippen LogP contribution in [0.3, 0.4) is 0 Å². The summed E-state index contributed by atoms with van der Waals surface area (Å²) in [7, 11) is 0. The Kier molecular flexibility index (Phi) is 4.99. The second-order valence-electron chi connectivity index (χ2n) is 5.65. The zero-order chi connectivity index (χ0) is 18.7. The number of hydrogen-bond acceptors (Lipinski definition) is 4. The summed E-state index contributed by atoms with van der Waals surface area (Å²) in [6.07, 6.45) is 0. The standard InChI is InChI=1S/C18H16ClN5O2/c1-10-7-8-12(9-15(10)20-11(2)25)17(26)22-18-21-16(23-24-18)13-5-3-4-6-14(13)19/h3-9H,1-2H3,(H,20,25)(H2,21,22,23,24,26). The number of amides is 2. The summed E-state index contributed by atoms with van der Waals surface area (Å²) in [5.74, 6) is -0.00867. The maximum Gasteiger partial charge on any atom is 0.258 e. The van der Waals surface area contributed by atoms with E-state index < -0.39 is 0 Å². The minimum atomic E-state index is -0.388. The molecule has 0 aliphatic heterocycles. The number of H-pyrrole nitrogens is 1. The lowest BCUT2D eigenvalue weighted by Gasteiger charge is -2.08. The van der Waals surface area contributed by atoms with Gasteiger partial charge in [-0.3, -0.25) is 20.0 Å². The molecule has 0 radical (unpaired) electrons. The Hall–Kier alpha value is -3.19. The molecule has 3 N–H and O–H groups in total. The fraction of sp³-hybridized carbons (Fsp3) is 0.111. The van der Waals surface area contributed by atoms with Gasteiger partial charge in [0.1, 0.15) is 0 Å². The number of halogens is 1. The highest BCUT2D eigenvalue weighted by Crippen LogP contribution is 2.25. The third-order valence-electron chi connectivity index (χ3n) is 3.65. The summed E-state index contributed by atoms with van der Waals surface area (Å²) in [5.41, 5.74) is 2.50. The zero-order valence-corrected chi connectivity index (χ0v) is 14.9. The Balaban J connectivity index is 1.79. The van der Waals surface area contributed by atoms with Gasteiger partial charge in [-0.15, -0.1) is 5.10 Å². The van der Waals surface area contributed by atoms with Gasteiger partial charge < -0.3 is 5.32 Å². The monoisotopic (exact) mass is 369 g/mol. The van der Waals surface area contributed by atoms with Crippen LogP contribution >= 0.6 is 11.6 Å². The Bertz CT molecular complexity index is 983. The lowest BCUT2D eigenvalue weighted by atomic mass is 10.1. The second-order valence-corrected chi connectivity index (χ2v) is 6.06. The van der Waals surface area contributed by atoms with E-state index in [4.69, 9.17) is 11.6 Å². The average molecular weight is 370 g/mol. The van der Waals surface area contributed by atoms with Crippen LogP contribution in [0, 0.1) is 6.92 Å². The number of benzene rings is 2. The predicted octanol–water partition coefficient (Wildman–Crippen LogP) is 3.64. The molecule has 0 atom stereocenters. The van der Waals surface area contributed by atoms with Gasteiger partial charge in [-0.2, -0.15) is 4.98 Å². The van der Waals surface area contributed by atoms with Crippen molar-refractivity contribution >= 4 is 35.1 Å². The molecule has 0 unspecified atom stereocenters. The summed E-state index contributed by atoms with van der Waals surface area (Å²) < 4.78 is 0. The number of aryl methyl sites for hydroxylation is 1. The minimum absolute atomic E-state index is 0.131. The van der Waals surface area contributed by atoms with Crippen molar-refractivity contribution in [3.8, 4) is 11.4 Å². The highest BCUT2D eigenvalue weighted by Gasteiger charge is 2.13. The van der Waals surface area contributed by atoms with Gasteiger partial charge in [0.2, 0.25) is 11.9 Å². The minimum Gasteiger partial charge on any atom is -0.326 e. The molecule has 2 amide bonds. The van der Waals surface area contributed by atoms with Crippen LogP contribution in [0.25, 0.3) is 11.4 Å². The molecule has 0 saturated heterocycles. The highest BCUT2D eigenvalue weighted by atomic mass is 35.5. The van der Waals surface area contributed by atoms with E-state index in [1.807, 2.05) is 19.1 Å². The first-order chi connectivity index (χ1) is 12.4. The summed E-state index contributed by atoms with van der Waals surface area (Å²) in [6.45, 7) is 3.26. The van der Waals surface area contributed by atoms with Gasteiger partial charge in [0.25, 0.3) is 5.91 Å².